The van der Waals surface area contributed by atoms with E-state index in [9.17, 15) is 18.0 Å². The van der Waals surface area contributed by atoms with Crippen LogP contribution < -0.4 is 10.1 Å². The maximum atomic E-state index is 12.8. The maximum absolute atomic E-state index is 12.8. The van der Waals surface area contributed by atoms with E-state index in [0.717, 1.165) is 6.42 Å². The van der Waals surface area contributed by atoms with E-state index in [2.05, 4.69) is 20.6 Å². The highest BCUT2D eigenvalue weighted by Crippen LogP contribution is 2.31. The Morgan fingerprint density at radius 2 is 2.21 bits per heavy atom. The lowest BCUT2D eigenvalue weighted by Gasteiger charge is -2.21. The van der Waals surface area contributed by atoms with Crippen molar-refractivity contribution in [1.82, 2.24) is 25.3 Å². The fourth-order valence-electron chi connectivity index (χ4n) is 2.78. The van der Waals surface area contributed by atoms with Crippen molar-refractivity contribution in [2.24, 2.45) is 7.05 Å². The molecule has 1 amide bonds. The quantitative estimate of drug-likeness (QED) is 0.888. The number of amides is 1. The maximum Gasteiger partial charge on any atom is 0.420 e. The van der Waals surface area contributed by atoms with Crippen LogP contribution in [0, 0.1) is 0 Å². The Bertz CT molecular complexity index is 724. The molecule has 0 unspecified atom stereocenters. The predicted molar refractivity (Wildman–Crippen MR) is 76.3 cm³/mol. The summed E-state index contributed by atoms with van der Waals surface area (Å²) in [5, 5.41) is 12.0. The van der Waals surface area contributed by atoms with Crippen molar-refractivity contribution in [3.05, 3.63) is 29.8 Å². The molecule has 2 N–H and O–H groups in total. The summed E-state index contributed by atoms with van der Waals surface area (Å²) in [4.78, 5) is 12.2. The number of rotatable bonds is 4. The molecule has 3 rings (SSSR count). The second-order valence-electron chi connectivity index (χ2n) is 5.67. The van der Waals surface area contributed by atoms with Crippen molar-refractivity contribution >= 4 is 5.91 Å². The molecule has 1 aliphatic rings. The van der Waals surface area contributed by atoms with E-state index < -0.39 is 23.3 Å². The van der Waals surface area contributed by atoms with Crippen LogP contribution in [0.25, 0.3) is 0 Å². The number of aromatic amines is 1. The van der Waals surface area contributed by atoms with Crippen LogP contribution >= 0.6 is 0 Å². The van der Waals surface area contributed by atoms with Crippen LogP contribution in [-0.4, -0.2) is 38.0 Å². The minimum Gasteiger partial charge on any atom is -0.485 e. The molecule has 1 aliphatic carbocycles. The van der Waals surface area contributed by atoms with Crippen LogP contribution in [0.2, 0.25) is 0 Å². The highest BCUT2D eigenvalue weighted by molar-refractivity contribution is 5.94. The van der Waals surface area contributed by atoms with Gasteiger partial charge in [-0.25, -0.2) is 0 Å². The average molecular weight is 343 g/mol. The molecular formula is C14H16F3N5O2. The Morgan fingerprint density at radius 1 is 1.42 bits per heavy atom. The summed E-state index contributed by atoms with van der Waals surface area (Å²) in [5.41, 5.74) is -1.67. The number of ether oxygens (including phenoxy) is 1. The number of aryl methyl sites for hydroxylation is 1. The minimum atomic E-state index is -4.64. The van der Waals surface area contributed by atoms with Crippen LogP contribution in [0.4, 0.5) is 13.2 Å². The molecule has 0 spiro atoms. The number of nitrogens with one attached hydrogen (secondary N) is 2. The molecule has 2 aromatic heterocycles. The zero-order valence-electron chi connectivity index (χ0n) is 12.8. The van der Waals surface area contributed by atoms with Crippen LogP contribution in [0.3, 0.4) is 0 Å². The SMILES string of the molecule is Cn1cc(O[C@@H]2CCC[C@@H]2NC(=O)c2[nH]ncc2C(F)(F)F)cn1. The Hall–Kier alpha value is -2.52. The molecule has 130 valence electrons. The van der Waals surface area contributed by atoms with E-state index in [4.69, 9.17) is 4.74 Å². The first-order valence-electron chi connectivity index (χ1n) is 7.41. The standard InChI is InChI=1S/C14H16F3N5O2/c1-22-7-8(5-19-22)24-11-4-2-3-10(11)20-13(23)12-9(6-18-21-12)14(15,16)17/h5-7,10-11H,2-4H2,1H3,(H,18,21)(H,20,23)/t10-,11+/m0/s1. The van der Waals surface area contributed by atoms with Gasteiger partial charge in [-0.3, -0.25) is 14.6 Å². The van der Waals surface area contributed by atoms with Crippen LogP contribution in [-0.2, 0) is 13.2 Å². The lowest BCUT2D eigenvalue weighted by atomic mass is 10.1. The van der Waals surface area contributed by atoms with Gasteiger partial charge in [-0.05, 0) is 19.3 Å². The van der Waals surface area contributed by atoms with Gasteiger partial charge in [-0.15, -0.1) is 0 Å². The van der Waals surface area contributed by atoms with Crippen molar-refractivity contribution in [2.45, 2.75) is 37.6 Å². The number of hydrogen-bond donors (Lipinski definition) is 2. The van der Waals surface area contributed by atoms with Gasteiger partial charge in [0.15, 0.2) is 5.75 Å². The summed E-state index contributed by atoms with van der Waals surface area (Å²) in [6.07, 6.45) is 1.04. The molecule has 24 heavy (non-hydrogen) atoms. The van der Waals surface area contributed by atoms with Gasteiger partial charge in [0.25, 0.3) is 5.91 Å². The predicted octanol–water partition coefficient (Wildman–Crippen LogP) is 1.89. The number of aromatic nitrogens is 4. The molecule has 0 aromatic carbocycles. The Labute approximate surface area is 135 Å². The Morgan fingerprint density at radius 3 is 2.88 bits per heavy atom. The van der Waals surface area contributed by atoms with Crippen molar-refractivity contribution in [2.75, 3.05) is 0 Å². The summed E-state index contributed by atoms with van der Waals surface area (Å²) in [6.45, 7) is 0. The van der Waals surface area contributed by atoms with Gasteiger partial charge in [-0.1, -0.05) is 0 Å². The molecular weight excluding hydrogens is 327 g/mol. The molecule has 1 saturated carbocycles. The summed E-state index contributed by atoms with van der Waals surface area (Å²) in [5.74, 6) is -0.285. The normalized spacial score (nSPS) is 21.0. The Balaban J connectivity index is 1.68. The largest absolute Gasteiger partial charge is 0.485 e. The molecule has 1 fully saturated rings. The number of hydrogen-bond acceptors (Lipinski definition) is 4. The summed E-state index contributed by atoms with van der Waals surface area (Å²) >= 11 is 0. The lowest BCUT2D eigenvalue weighted by Crippen LogP contribution is -2.43. The number of halogens is 3. The highest BCUT2D eigenvalue weighted by atomic mass is 19.4. The molecule has 0 aliphatic heterocycles. The number of carbonyl (C=O) groups excluding carboxylic acids is 1. The van der Waals surface area contributed by atoms with Gasteiger partial charge >= 0.3 is 6.18 Å². The molecule has 2 aromatic rings. The smallest absolute Gasteiger partial charge is 0.420 e. The van der Waals surface area contributed by atoms with Crippen molar-refractivity contribution in [3.8, 4) is 5.75 Å². The first kappa shape index (κ1) is 16.3. The van der Waals surface area contributed by atoms with E-state index >= 15 is 0 Å². The monoisotopic (exact) mass is 343 g/mol. The van der Waals surface area contributed by atoms with E-state index in [1.54, 1.807) is 24.1 Å². The average Bonchev–Trinajstić information content (AvgIpc) is 3.20. The van der Waals surface area contributed by atoms with Crippen molar-refractivity contribution in [3.63, 3.8) is 0 Å². The number of nitrogens with zero attached hydrogens (tertiary/aromatic N) is 3. The third-order valence-electron chi connectivity index (χ3n) is 3.91. The van der Waals surface area contributed by atoms with Crippen LogP contribution in [0.1, 0.15) is 35.3 Å². The fraction of sp³-hybridized carbons (Fsp3) is 0.500. The number of alkyl halides is 3. The number of carbonyl (C=O) groups is 1. The van der Waals surface area contributed by atoms with Gasteiger partial charge in [0.1, 0.15) is 17.4 Å². The topological polar surface area (TPSA) is 84.8 Å². The molecule has 0 bridgehead atoms. The summed E-state index contributed by atoms with van der Waals surface area (Å²) < 4.78 is 45.9. The Kier molecular flexibility index (Phi) is 4.20. The zero-order valence-corrected chi connectivity index (χ0v) is 12.8. The van der Waals surface area contributed by atoms with E-state index in [1.807, 2.05) is 0 Å². The zero-order chi connectivity index (χ0) is 17.3. The van der Waals surface area contributed by atoms with Crippen molar-refractivity contribution < 1.29 is 22.7 Å². The lowest BCUT2D eigenvalue weighted by molar-refractivity contribution is -0.137. The molecule has 7 nitrogen and oxygen atoms in total. The van der Waals surface area contributed by atoms with Gasteiger partial charge in [0.2, 0.25) is 0 Å². The van der Waals surface area contributed by atoms with Crippen LogP contribution in [0.15, 0.2) is 18.6 Å². The van der Waals surface area contributed by atoms with Gasteiger partial charge in [0.05, 0.1) is 24.6 Å². The van der Waals surface area contributed by atoms with E-state index in [-0.39, 0.29) is 12.1 Å². The van der Waals surface area contributed by atoms with Gasteiger partial charge in [-0.2, -0.15) is 23.4 Å². The second-order valence-corrected chi connectivity index (χ2v) is 5.67. The molecule has 0 saturated heterocycles. The third kappa shape index (κ3) is 3.36. The van der Waals surface area contributed by atoms with Gasteiger partial charge < -0.3 is 10.1 Å². The van der Waals surface area contributed by atoms with E-state index in [1.165, 1.54) is 0 Å². The first-order valence-corrected chi connectivity index (χ1v) is 7.41. The first-order chi connectivity index (χ1) is 11.3. The van der Waals surface area contributed by atoms with Gasteiger partial charge in [0, 0.05) is 7.05 Å². The molecule has 2 atom stereocenters. The number of H-pyrrole nitrogens is 1. The molecule has 2 heterocycles. The second kappa shape index (κ2) is 6.17. The van der Waals surface area contributed by atoms with Crippen LogP contribution in [0.5, 0.6) is 5.75 Å². The minimum absolute atomic E-state index is 0.310. The molecule has 10 heteroatoms. The van der Waals surface area contributed by atoms with E-state index in [0.29, 0.717) is 24.8 Å². The fourth-order valence-corrected chi connectivity index (χ4v) is 2.78. The highest BCUT2D eigenvalue weighted by Gasteiger charge is 2.38. The molecule has 0 radical (unpaired) electrons. The summed E-state index contributed by atoms with van der Waals surface area (Å²) in [7, 11) is 1.75. The third-order valence-corrected chi connectivity index (χ3v) is 3.91. The summed E-state index contributed by atoms with van der Waals surface area (Å²) in [6, 6.07) is -0.373. The van der Waals surface area contributed by atoms with Crippen molar-refractivity contribution in [1.29, 1.82) is 0 Å².